The van der Waals surface area contributed by atoms with Crippen LogP contribution in [0.2, 0.25) is 0 Å². The van der Waals surface area contributed by atoms with E-state index in [0.717, 1.165) is 17.7 Å². The van der Waals surface area contributed by atoms with Crippen molar-refractivity contribution in [2.24, 2.45) is 0 Å². The minimum absolute atomic E-state index is 0.0635. The molecule has 0 fully saturated rings. The topological polar surface area (TPSA) is 49.3 Å². The molecule has 1 aromatic rings. The fourth-order valence-electron chi connectivity index (χ4n) is 1.59. The van der Waals surface area contributed by atoms with E-state index in [9.17, 15) is 18.7 Å². The molecule has 5 heteroatoms. The number of nitrogens with one attached hydrogen (secondary N) is 1. The van der Waals surface area contributed by atoms with E-state index in [-0.39, 0.29) is 18.0 Å². The van der Waals surface area contributed by atoms with Gasteiger partial charge in [-0.05, 0) is 26.8 Å². The molecule has 19 heavy (non-hydrogen) atoms. The minimum Gasteiger partial charge on any atom is -0.383 e. The molecule has 2 N–H and O–H groups in total. The molecule has 0 aliphatic rings. The van der Waals surface area contributed by atoms with Gasteiger partial charge in [-0.1, -0.05) is 11.6 Å². The maximum Gasteiger partial charge on any atom is 0.244 e. The molecule has 0 unspecified atom stereocenters. The number of amides is 1. The van der Waals surface area contributed by atoms with Gasteiger partial charge in [0.15, 0.2) is 0 Å². The Bertz CT molecular complexity index is 506. The predicted octanol–water partition coefficient (Wildman–Crippen LogP) is 2.25. The smallest absolute Gasteiger partial charge is 0.244 e. The lowest BCUT2D eigenvalue weighted by molar-refractivity contribution is -0.117. The molecule has 1 atom stereocenters. The second-order valence-electron chi connectivity index (χ2n) is 4.84. The second kappa shape index (κ2) is 5.93. The standard InChI is InChI=1S/C14H17F2NO2/c1-9(2)6-13(18)17-8-14(3,19)11-5-4-10(15)7-12(11)16/h4-7,19H,8H2,1-3H3,(H,17,18)/t14-/m1/s1. The van der Waals surface area contributed by atoms with E-state index in [2.05, 4.69) is 5.32 Å². The Morgan fingerprint density at radius 1 is 1.42 bits per heavy atom. The van der Waals surface area contributed by atoms with Crippen LogP contribution < -0.4 is 5.32 Å². The van der Waals surface area contributed by atoms with Crippen molar-refractivity contribution in [1.29, 1.82) is 0 Å². The van der Waals surface area contributed by atoms with Crippen LogP contribution in [0.3, 0.4) is 0 Å². The fraction of sp³-hybridized carbons (Fsp3) is 0.357. The Hall–Kier alpha value is -1.75. The van der Waals surface area contributed by atoms with Gasteiger partial charge in [-0.3, -0.25) is 4.79 Å². The van der Waals surface area contributed by atoms with Crippen molar-refractivity contribution in [2.45, 2.75) is 26.4 Å². The van der Waals surface area contributed by atoms with Crippen molar-refractivity contribution in [3.05, 3.63) is 47.0 Å². The number of carbonyl (C=O) groups excluding carboxylic acids is 1. The summed E-state index contributed by atoms with van der Waals surface area (Å²) in [7, 11) is 0. The molecule has 1 aromatic carbocycles. The van der Waals surface area contributed by atoms with Gasteiger partial charge in [0, 0.05) is 17.7 Å². The van der Waals surface area contributed by atoms with E-state index in [4.69, 9.17) is 0 Å². The van der Waals surface area contributed by atoms with E-state index in [1.807, 2.05) is 0 Å². The maximum atomic E-state index is 13.6. The zero-order valence-corrected chi connectivity index (χ0v) is 11.1. The fourth-order valence-corrected chi connectivity index (χ4v) is 1.59. The molecule has 1 rings (SSSR count). The summed E-state index contributed by atoms with van der Waals surface area (Å²) in [5.41, 5.74) is -0.861. The molecule has 0 bridgehead atoms. The number of benzene rings is 1. The molecule has 0 aliphatic carbocycles. The largest absolute Gasteiger partial charge is 0.383 e. The number of rotatable bonds is 4. The molecule has 0 saturated carbocycles. The van der Waals surface area contributed by atoms with E-state index < -0.39 is 17.2 Å². The lowest BCUT2D eigenvalue weighted by atomic mass is 9.95. The van der Waals surface area contributed by atoms with Gasteiger partial charge in [0.25, 0.3) is 0 Å². The van der Waals surface area contributed by atoms with Gasteiger partial charge in [0.1, 0.15) is 17.2 Å². The number of allylic oxidation sites excluding steroid dienone is 1. The number of hydrogen-bond acceptors (Lipinski definition) is 2. The number of carbonyl (C=O) groups is 1. The third-order valence-electron chi connectivity index (χ3n) is 2.54. The molecule has 0 radical (unpaired) electrons. The summed E-state index contributed by atoms with van der Waals surface area (Å²) in [5.74, 6) is -1.94. The van der Waals surface area contributed by atoms with Gasteiger partial charge in [0.05, 0.1) is 6.54 Å². The van der Waals surface area contributed by atoms with Gasteiger partial charge in [-0.25, -0.2) is 8.78 Å². The maximum absolute atomic E-state index is 13.6. The third kappa shape index (κ3) is 4.44. The van der Waals surface area contributed by atoms with Crippen molar-refractivity contribution < 1.29 is 18.7 Å². The molecule has 0 heterocycles. The van der Waals surface area contributed by atoms with Crippen molar-refractivity contribution in [2.75, 3.05) is 6.54 Å². The first-order valence-electron chi connectivity index (χ1n) is 5.83. The molecule has 104 valence electrons. The average molecular weight is 269 g/mol. The highest BCUT2D eigenvalue weighted by molar-refractivity contribution is 5.88. The molecule has 3 nitrogen and oxygen atoms in total. The van der Waals surface area contributed by atoms with Gasteiger partial charge in [0.2, 0.25) is 5.91 Å². The Morgan fingerprint density at radius 3 is 2.58 bits per heavy atom. The first kappa shape index (κ1) is 15.3. The monoisotopic (exact) mass is 269 g/mol. The highest BCUT2D eigenvalue weighted by atomic mass is 19.1. The van der Waals surface area contributed by atoms with Crippen LogP contribution in [0.15, 0.2) is 29.8 Å². The molecule has 0 saturated heterocycles. The van der Waals surface area contributed by atoms with Crippen molar-refractivity contribution in [3.63, 3.8) is 0 Å². The molecule has 0 aliphatic heterocycles. The van der Waals surface area contributed by atoms with Gasteiger partial charge >= 0.3 is 0 Å². The normalized spacial score (nSPS) is 13.6. The first-order chi connectivity index (χ1) is 8.72. The van der Waals surface area contributed by atoms with Crippen LogP contribution >= 0.6 is 0 Å². The zero-order valence-electron chi connectivity index (χ0n) is 11.1. The van der Waals surface area contributed by atoms with Gasteiger partial charge in [-0.15, -0.1) is 0 Å². The van der Waals surface area contributed by atoms with E-state index in [1.54, 1.807) is 13.8 Å². The van der Waals surface area contributed by atoms with Crippen molar-refractivity contribution in [3.8, 4) is 0 Å². The highest BCUT2D eigenvalue weighted by Gasteiger charge is 2.27. The van der Waals surface area contributed by atoms with Crippen LogP contribution in [0.1, 0.15) is 26.3 Å². The minimum atomic E-state index is -1.61. The van der Waals surface area contributed by atoms with Gasteiger partial charge < -0.3 is 10.4 Å². The lowest BCUT2D eigenvalue weighted by Crippen LogP contribution is -2.38. The van der Waals surface area contributed by atoms with Crippen LogP contribution in [-0.2, 0) is 10.4 Å². The van der Waals surface area contributed by atoms with E-state index >= 15 is 0 Å². The van der Waals surface area contributed by atoms with Crippen LogP contribution in [0.5, 0.6) is 0 Å². The molecule has 1 amide bonds. The van der Waals surface area contributed by atoms with Crippen LogP contribution in [0, 0.1) is 11.6 Å². The average Bonchev–Trinajstić information content (AvgIpc) is 2.25. The molecule has 0 aromatic heterocycles. The molecular weight excluding hydrogens is 252 g/mol. The third-order valence-corrected chi connectivity index (χ3v) is 2.54. The summed E-state index contributed by atoms with van der Waals surface area (Å²) in [5, 5.41) is 12.6. The summed E-state index contributed by atoms with van der Waals surface area (Å²) in [6.45, 7) is 4.71. The quantitative estimate of drug-likeness (QED) is 0.824. The highest BCUT2D eigenvalue weighted by Crippen LogP contribution is 2.23. The van der Waals surface area contributed by atoms with Crippen molar-refractivity contribution >= 4 is 5.91 Å². The van der Waals surface area contributed by atoms with Gasteiger partial charge in [-0.2, -0.15) is 0 Å². The zero-order chi connectivity index (χ0) is 14.6. The number of halogens is 2. The van der Waals surface area contributed by atoms with E-state index in [1.165, 1.54) is 13.0 Å². The summed E-state index contributed by atoms with van der Waals surface area (Å²) < 4.78 is 26.4. The first-order valence-corrected chi connectivity index (χ1v) is 5.83. The Labute approximate surface area is 110 Å². The van der Waals surface area contributed by atoms with Crippen molar-refractivity contribution in [1.82, 2.24) is 5.32 Å². The summed E-state index contributed by atoms with van der Waals surface area (Å²) >= 11 is 0. The number of aliphatic hydroxyl groups is 1. The van der Waals surface area contributed by atoms with Crippen LogP contribution in [0.4, 0.5) is 8.78 Å². The van der Waals surface area contributed by atoms with Crippen LogP contribution in [-0.4, -0.2) is 17.6 Å². The summed E-state index contributed by atoms with van der Waals surface area (Å²) in [6.07, 6.45) is 1.37. The second-order valence-corrected chi connectivity index (χ2v) is 4.84. The molecule has 0 spiro atoms. The Kier molecular flexibility index (Phi) is 4.78. The lowest BCUT2D eigenvalue weighted by Gasteiger charge is -2.24. The summed E-state index contributed by atoms with van der Waals surface area (Å²) in [6, 6.07) is 2.92. The van der Waals surface area contributed by atoms with Crippen LogP contribution in [0.25, 0.3) is 0 Å². The predicted molar refractivity (Wildman–Crippen MR) is 68.4 cm³/mol. The SMILES string of the molecule is CC(C)=CC(=O)NC[C@@](C)(O)c1ccc(F)cc1F. The Balaban J connectivity index is 2.81. The summed E-state index contributed by atoms with van der Waals surface area (Å²) in [4.78, 5) is 11.4. The Morgan fingerprint density at radius 2 is 2.05 bits per heavy atom. The van der Waals surface area contributed by atoms with E-state index in [0.29, 0.717) is 6.07 Å². The molecular formula is C14H17F2NO2. The number of hydrogen-bond donors (Lipinski definition) is 2.